The molecule has 0 amide bonds. The largest absolute Gasteiger partial charge is 0.433 e. The molecule has 1 aromatic heterocycles. The van der Waals surface area contributed by atoms with Crippen molar-refractivity contribution in [1.29, 1.82) is 0 Å². The topological polar surface area (TPSA) is 79.1 Å². The van der Waals surface area contributed by atoms with Crippen LogP contribution in [-0.4, -0.2) is 42.1 Å². The van der Waals surface area contributed by atoms with E-state index in [2.05, 4.69) is 15.3 Å². The first-order valence-corrected chi connectivity index (χ1v) is 6.14. The number of halogens is 3. The van der Waals surface area contributed by atoms with Crippen LogP contribution in [0.4, 0.5) is 24.9 Å². The normalized spacial score (nSPS) is 11.8. The molecule has 0 atom stereocenters. The van der Waals surface area contributed by atoms with Gasteiger partial charge in [-0.1, -0.05) is 0 Å². The molecule has 0 saturated carbocycles. The third-order valence-corrected chi connectivity index (χ3v) is 2.48. The average Bonchev–Trinajstić information content (AvgIpc) is 2.36. The van der Waals surface area contributed by atoms with Gasteiger partial charge in [-0.3, -0.25) is 5.43 Å². The molecule has 1 rings (SSSR count). The summed E-state index contributed by atoms with van der Waals surface area (Å²) in [4.78, 5) is 9.15. The number of nitrogen functional groups attached to an aromatic ring is 1. The molecule has 0 aliphatic carbocycles. The van der Waals surface area contributed by atoms with Crippen molar-refractivity contribution in [2.75, 3.05) is 37.9 Å². The predicted molar refractivity (Wildman–Crippen MR) is 71.1 cm³/mol. The molecule has 1 heterocycles. The predicted octanol–water partition coefficient (Wildman–Crippen LogP) is 1.53. The van der Waals surface area contributed by atoms with Crippen molar-refractivity contribution in [1.82, 2.24) is 14.9 Å². The fourth-order valence-corrected chi connectivity index (χ4v) is 1.52. The number of alkyl halides is 3. The Morgan fingerprint density at radius 2 is 1.95 bits per heavy atom. The Morgan fingerprint density at radius 3 is 2.50 bits per heavy atom. The molecule has 0 unspecified atom stereocenters. The van der Waals surface area contributed by atoms with Gasteiger partial charge < -0.3 is 10.2 Å². The van der Waals surface area contributed by atoms with Gasteiger partial charge in [-0.15, -0.1) is 0 Å². The second-order valence-corrected chi connectivity index (χ2v) is 4.54. The SMILES string of the molecule is CN(C)CCCCNc1cc(C(F)(F)F)nc(NN)n1. The van der Waals surface area contributed by atoms with Crippen molar-refractivity contribution in [2.24, 2.45) is 5.84 Å². The number of hydrogen-bond donors (Lipinski definition) is 3. The Morgan fingerprint density at radius 1 is 1.25 bits per heavy atom. The molecule has 0 fully saturated rings. The molecule has 0 radical (unpaired) electrons. The number of anilines is 2. The van der Waals surface area contributed by atoms with Gasteiger partial charge in [0.15, 0.2) is 5.69 Å². The maximum atomic E-state index is 12.6. The number of nitrogens with two attached hydrogens (primary N) is 1. The zero-order valence-corrected chi connectivity index (χ0v) is 11.5. The van der Waals surface area contributed by atoms with Crippen LogP contribution in [0, 0.1) is 0 Å². The summed E-state index contributed by atoms with van der Waals surface area (Å²) in [5.74, 6) is 4.90. The van der Waals surface area contributed by atoms with Gasteiger partial charge in [0.2, 0.25) is 5.95 Å². The van der Waals surface area contributed by atoms with E-state index in [1.807, 2.05) is 24.4 Å². The molecule has 0 saturated heterocycles. The lowest BCUT2D eigenvalue weighted by Crippen LogP contribution is -2.17. The van der Waals surface area contributed by atoms with E-state index < -0.39 is 11.9 Å². The number of nitrogens with zero attached hydrogens (tertiary/aromatic N) is 3. The molecule has 0 aliphatic rings. The summed E-state index contributed by atoms with van der Waals surface area (Å²) in [6.45, 7) is 1.46. The maximum Gasteiger partial charge on any atom is 0.433 e. The van der Waals surface area contributed by atoms with E-state index in [4.69, 9.17) is 5.84 Å². The van der Waals surface area contributed by atoms with E-state index in [9.17, 15) is 13.2 Å². The standard InChI is InChI=1S/C11H19F3N6/c1-20(2)6-4-3-5-16-9-7-8(11(12,13)14)17-10(18-9)19-15/h7H,3-6,15H2,1-2H3,(H2,16,17,18,19). The summed E-state index contributed by atoms with van der Waals surface area (Å²) >= 11 is 0. The highest BCUT2D eigenvalue weighted by atomic mass is 19.4. The summed E-state index contributed by atoms with van der Waals surface area (Å²) in [5, 5.41) is 2.84. The minimum absolute atomic E-state index is 0.102. The second-order valence-electron chi connectivity index (χ2n) is 4.54. The van der Waals surface area contributed by atoms with E-state index in [-0.39, 0.29) is 11.8 Å². The lowest BCUT2D eigenvalue weighted by atomic mass is 10.3. The second kappa shape index (κ2) is 7.25. The van der Waals surface area contributed by atoms with E-state index in [0.717, 1.165) is 25.5 Å². The van der Waals surface area contributed by atoms with Crippen LogP contribution in [0.1, 0.15) is 18.5 Å². The Balaban J connectivity index is 2.61. The Bertz CT molecular complexity index is 421. The number of hydrazine groups is 1. The summed E-state index contributed by atoms with van der Waals surface area (Å²) in [6, 6.07) is 0.868. The van der Waals surface area contributed by atoms with Crippen LogP contribution < -0.4 is 16.6 Å². The molecule has 20 heavy (non-hydrogen) atoms. The van der Waals surface area contributed by atoms with Crippen molar-refractivity contribution in [3.8, 4) is 0 Å². The highest BCUT2D eigenvalue weighted by molar-refractivity contribution is 5.42. The first kappa shape index (κ1) is 16.4. The van der Waals surface area contributed by atoms with Gasteiger partial charge in [0.05, 0.1) is 0 Å². The highest BCUT2D eigenvalue weighted by Crippen LogP contribution is 2.29. The number of rotatable bonds is 7. The van der Waals surface area contributed by atoms with Crippen LogP contribution in [0.15, 0.2) is 6.07 Å². The Kier molecular flexibility index (Phi) is 5.96. The van der Waals surface area contributed by atoms with Gasteiger partial charge >= 0.3 is 6.18 Å². The molecule has 6 nitrogen and oxygen atoms in total. The van der Waals surface area contributed by atoms with E-state index in [0.29, 0.717) is 6.54 Å². The minimum atomic E-state index is -4.53. The van der Waals surface area contributed by atoms with Gasteiger partial charge in [-0.25, -0.2) is 10.8 Å². The molecule has 114 valence electrons. The van der Waals surface area contributed by atoms with Crippen molar-refractivity contribution in [3.05, 3.63) is 11.8 Å². The monoisotopic (exact) mass is 292 g/mol. The van der Waals surface area contributed by atoms with Crippen LogP contribution in [0.3, 0.4) is 0 Å². The molecule has 4 N–H and O–H groups in total. The maximum absolute atomic E-state index is 12.6. The molecular weight excluding hydrogens is 273 g/mol. The fourth-order valence-electron chi connectivity index (χ4n) is 1.52. The van der Waals surface area contributed by atoms with Crippen molar-refractivity contribution < 1.29 is 13.2 Å². The average molecular weight is 292 g/mol. The van der Waals surface area contributed by atoms with E-state index in [1.165, 1.54) is 0 Å². The lowest BCUT2D eigenvalue weighted by molar-refractivity contribution is -0.141. The van der Waals surface area contributed by atoms with Crippen LogP contribution in [0.5, 0.6) is 0 Å². The quantitative estimate of drug-likeness (QED) is 0.402. The number of aromatic nitrogens is 2. The molecule has 0 aromatic carbocycles. The van der Waals surface area contributed by atoms with E-state index in [1.54, 1.807) is 0 Å². The van der Waals surface area contributed by atoms with Crippen LogP contribution in [0.25, 0.3) is 0 Å². The third-order valence-electron chi connectivity index (χ3n) is 2.48. The summed E-state index contributed by atoms with van der Waals surface area (Å²) in [5.41, 5.74) is 0.996. The Labute approximate surface area is 115 Å². The molecule has 0 spiro atoms. The number of unbranched alkanes of at least 4 members (excludes halogenated alkanes) is 1. The molecular formula is C11H19F3N6. The van der Waals surface area contributed by atoms with Crippen LogP contribution in [-0.2, 0) is 6.18 Å². The summed E-state index contributed by atoms with van der Waals surface area (Å²) in [6.07, 6.45) is -2.76. The highest BCUT2D eigenvalue weighted by Gasteiger charge is 2.33. The Hall–Kier alpha value is -1.61. The smallest absolute Gasteiger partial charge is 0.370 e. The lowest BCUT2D eigenvalue weighted by Gasteiger charge is -2.12. The third kappa shape index (κ3) is 5.57. The van der Waals surface area contributed by atoms with Crippen LogP contribution in [0.2, 0.25) is 0 Å². The van der Waals surface area contributed by atoms with E-state index >= 15 is 0 Å². The molecule has 0 aliphatic heterocycles. The van der Waals surface area contributed by atoms with Crippen LogP contribution >= 0.6 is 0 Å². The van der Waals surface area contributed by atoms with Gasteiger partial charge in [-0.05, 0) is 33.5 Å². The van der Waals surface area contributed by atoms with Crippen molar-refractivity contribution in [3.63, 3.8) is 0 Å². The number of nitrogens with one attached hydrogen (secondary N) is 2. The van der Waals surface area contributed by atoms with Gasteiger partial charge in [0, 0.05) is 12.6 Å². The zero-order chi connectivity index (χ0) is 15.2. The first-order chi connectivity index (χ1) is 9.32. The molecule has 0 bridgehead atoms. The summed E-state index contributed by atoms with van der Waals surface area (Å²) in [7, 11) is 3.93. The minimum Gasteiger partial charge on any atom is -0.370 e. The fraction of sp³-hybridized carbons (Fsp3) is 0.636. The van der Waals surface area contributed by atoms with Gasteiger partial charge in [0.1, 0.15) is 5.82 Å². The summed E-state index contributed by atoms with van der Waals surface area (Å²) < 4.78 is 37.9. The van der Waals surface area contributed by atoms with Gasteiger partial charge in [0.25, 0.3) is 0 Å². The van der Waals surface area contributed by atoms with Crippen molar-refractivity contribution >= 4 is 11.8 Å². The van der Waals surface area contributed by atoms with Crippen molar-refractivity contribution in [2.45, 2.75) is 19.0 Å². The molecule has 1 aromatic rings. The van der Waals surface area contributed by atoms with Gasteiger partial charge in [-0.2, -0.15) is 18.2 Å². The molecule has 9 heteroatoms. The zero-order valence-electron chi connectivity index (χ0n) is 11.5. The number of hydrogen-bond acceptors (Lipinski definition) is 6. The first-order valence-electron chi connectivity index (χ1n) is 6.14.